The fraction of sp³-hybridized carbons (Fsp3) is 0.778. The average Bonchev–Trinajstić information content (AvgIpc) is 2.57. The second-order valence-corrected chi connectivity index (χ2v) is 3.57. The zero-order valence-corrected chi connectivity index (χ0v) is 8.64. The van der Waals surface area contributed by atoms with E-state index in [4.69, 9.17) is 5.11 Å². The molecule has 0 spiro atoms. The summed E-state index contributed by atoms with van der Waals surface area (Å²) in [7, 11) is 0. The van der Waals surface area contributed by atoms with Crippen molar-refractivity contribution < 1.29 is 19.8 Å². The highest BCUT2D eigenvalue weighted by molar-refractivity contribution is 5.85. The minimum Gasteiger partial charge on any atom is -0.480 e. The fourth-order valence-electron chi connectivity index (χ4n) is 1.66. The number of likely N-dealkylation sites (N-methyl/N-ethyl adjacent to an activating group) is 1. The molecule has 1 rings (SSSR count). The summed E-state index contributed by atoms with van der Waals surface area (Å²) in [5, 5.41) is 21.0. The van der Waals surface area contributed by atoms with Gasteiger partial charge in [0, 0.05) is 13.0 Å². The first kappa shape index (κ1) is 11.9. The van der Waals surface area contributed by atoms with Crippen LogP contribution in [0.5, 0.6) is 0 Å². The van der Waals surface area contributed by atoms with Crippen LogP contribution < -0.4 is 5.32 Å². The molecule has 0 bridgehead atoms. The monoisotopic (exact) mass is 216 g/mol. The van der Waals surface area contributed by atoms with E-state index in [0.29, 0.717) is 6.54 Å². The summed E-state index contributed by atoms with van der Waals surface area (Å²) in [5.41, 5.74) is 0. The lowest BCUT2D eigenvalue weighted by Gasteiger charge is -2.21. The van der Waals surface area contributed by atoms with Gasteiger partial charge in [-0.1, -0.05) is 6.92 Å². The van der Waals surface area contributed by atoms with Gasteiger partial charge in [0.2, 0.25) is 5.91 Å². The van der Waals surface area contributed by atoms with Crippen LogP contribution in [-0.2, 0) is 9.59 Å². The number of aliphatic hydroxyl groups is 1. The van der Waals surface area contributed by atoms with Crippen LogP contribution in [0.2, 0.25) is 0 Å². The van der Waals surface area contributed by atoms with Gasteiger partial charge < -0.3 is 20.4 Å². The first-order valence-corrected chi connectivity index (χ1v) is 4.97. The minimum atomic E-state index is -1.06. The van der Waals surface area contributed by atoms with Gasteiger partial charge in [0.1, 0.15) is 6.04 Å². The number of nitrogens with one attached hydrogen (secondary N) is 1. The molecule has 1 aliphatic heterocycles. The van der Waals surface area contributed by atoms with Crippen molar-refractivity contribution >= 4 is 11.9 Å². The van der Waals surface area contributed by atoms with Gasteiger partial charge in [0.05, 0.1) is 12.6 Å². The van der Waals surface area contributed by atoms with Crippen LogP contribution in [0.4, 0.5) is 0 Å². The molecule has 1 aliphatic rings. The van der Waals surface area contributed by atoms with E-state index in [1.54, 1.807) is 0 Å². The summed E-state index contributed by atoms with van der Waals surface area (Å²) >= 11 is 0. The molecule has 0 aliphatic carbocycles. The van der Waals surface area contributed by atoms with Crippen molar-refractivity contribution in [3.8, 4) is 0 Å². The molecular formula is C9H16N2O4. The van der Waals surface area contributed by atoms with Crippen molar-refractivity contribution in [3.05, 3.63) is 0 Å². The van der Waals surface area contributed by atoms with Crippen molar-refractivity contribution in [2.45, 2.75) is 25.5 Å². The van der Waals surface area contributed by atoms with E-state index in [-0.39, 0.29) is 25.4 Å². The maximum absolute atomic E-state index is 11.6. The van der Waals surface area contributed by atoms with Gasteiger partial charge >= 0.3 is 5.97 Å². The Morgan fingerprint density at radius 1 is 1.53 bits per heavy atom. The van der Waals surface area contributed by atoms with Crippen LogP contribution in [0.15, 0.2) is 0 Å². The lowest BCUT2D eigenvalue weighted by Crippen LogP contribution is -2.44. The van der Waals surface area contributed by atoms with Crippen molar-refractivity contribution in [2.24, 2.45) is 0 Å². The molecule has 1 heterocycles. The quantitative estimate of drug-likeness (QED) is 0.540. The van der Waals surface area contributed by atoms with E-state index < -0.39 is 18.1 Å². The van der Waals surface area contributed by atoms with Gasteiger partial charge in [-0.05, 0) is 6.54 Å². The second-order valence-electron chi connectivity index (χ2n) is 3.57. The minimum absolute atomic E-state index is 0.112. The topological polar surface area (TPSA) is 89.9 Å². The molecule has 2 unspecified atom stereocenters. The third-order valence-electron chi connectivity index (χ3n) is 2.41. The summed E-state index contributed by atoms with van der Waals surface area (Å²) in [5.74, 6) is -1.34. The molecular weight excluding hydrogens is 200 g/mol. The van der Waals surface area contributed by atoms with E-state index in [0.717, 1.165) is 0 Å². The maximum Gasteiger partial charge on any atom is 0.326 e. The predicted molar refractivity (Wildman–Crippen MR) is 52.3 cm³/mol. The molecule has 2 atom stereocenters. The molecule has 1 fully saturated rings. The number of rotatable bonds is 4. The first-order valence-electron chi connectivity index (χ1n) is 4.97. The number of β-amino-alcohol motifs (C(OH)–C–C–N with tert-alkyl or cyclic N) is 1. The van der Waals surface area contributed by atoms with Crippen LogP contribution in [0.1, 0.15) is 13.3 Å². The first-order chi connectivity index (χ1) is 7.06. The Balaban J connectivity index is 2.58. The molecule has 6 nitrogen and oxygen atoms in total. The van der Waals surface area contributed by atoms with Crippen molar-refractivity contribution in [3.63, 3.8) is 0 Å². The highest BCUT2D eigenvalue weighted by atomic mass is 16.4. The molecule has 0 aromatic heterocycles. The van der Waals surface area contributed by atoms with E-state index in [9.17, 15) is 14.7 Å². The largest absolute Gasteiger partial charge is 0.480 e. The van der Waals surface area contributed by atoms with E-state index >= 15 is 0 Å². The molecule has 0 radical (unpaired) electrons. The third kappa shape index (κ3) is 2.90. The Morgan fingerprint density at radius 3 is 2.73 bits per heavy atom. The van der Waals surface area contributed by atoms with E-state index in [2.05, 4.69) is 5.32 Å². The summed E-state index contributed by atoms with van der Waals surface area (Å²) in [6.07, 6.45) is -0.607. The van der Waals surface area contributed by atoms with Gasteiger partial charge in [-0.25, -0.2) is 4.79 Å². The number of carbonyl (C=O) groups is 2. The average molecular weight is 216 g/mol. The molecule has 3 N–H and O–H groups in total. The molecule has 0 aromatic carbocycles. The SMILES string of the molecule is CCNCC(=O)N1CC(O)CC1C(=O)O. The number of hydrogen-bond acceptors (Lipinski definition) is 4. The van der Waals surface area contributed by atoms with Crippen molar-refractivity contribution in [2.75, 3.05) is 19.6 Å². The number of aliphatic carboxylic acids is 1. The summed E-state index contributed by atoms with van der Waals surface area (Å²) < 4.78 is 0. The van der Waals surface area contributed by atoms with Gasteiger partial charge in [0.25, 0.3) is 0 Å². The van der Waals surface area contributed by atoms with E-state index in [1.165, 1.54) is 4.90 Å². The number of likely N-dealkylation sites (tertiary alicyclic amines) is 1. The molecule has 86 valence electrons. The molecule has 1 amide bonds. The lowest BCUT2D eigenvalue weighted by atomic mass is 10.2. The second kappa shape index (κ2) is 5.09. The normalized spacial score (nSPS) is 25.6. The zero-order valence-electron chi connectivity index (χ0n) is 8.64. The van der Waals surface area contributed by atoms with Gasteiger partial charge in [-0.15, -0.1) is 0 Å². The fourth-order valence-corrected chi connectivity index (χ4v) is 1.66. The lowest BCUT2D eigenvalue weighted by molar-refractivity contribution is -0.147. The Labute approximate surface area is 87.9 Å². The summed E-state index contributed by atoms with van der Waals surface area (Å²) in [6, 6.07) is -0.883. The summed E-state index contributed by atoms with van der Waals surface area (Å²) in [6.45, 7) is 2.74. The highest BCUT2D eigenvalue weighted by Gasteiger charge is 2.38. The van der Waals surface area contributed by atoms with Crippen LogP contribution in [0.3, 0.4) is 0 Å². The standard InChI is InChI=1S/C9H16N2O4/c1-2-10-4-8(13)11-5-6(12)3-7(11)9(14)15/h6-7,10,12H,2-5H2,1H3,(H,14,15). The number of carboxylic acid groups (broad SMARTS) is 1. The number of carboxylic acids is 1. The van der Waals surface area contributed by atoms with E-state index in [1.807, 2.05) is 6.92 Å². The van der Waals surface area contributed by atoms with Gasteiger partial charge in [-0.2, -0.15) is 0 Å². The summed E-state index contributed by atoms with van der Waals surface area (Å²) in [4.78, 5) is 23.6. The molecule has 6 heteroatoms. The number of hydrogen-bond donors (Lipinski definition) is 3. The molecule has 1 saturated heterocycles. The third-order valence-corrected chi connectivity index (χ3v) is 2.41. The highest BCUT2D eigenvalue weighted by Crippen LogP contribution is 2.17. The molecule has 15 heavy (non-hydrogen) atoms. The zero-order chi connectivity index (χ0) is 11.4. The number of amides is 1. The Morgan fingerprint density at radius 2 is 2.20 bits per heavy atom. The number of aliphatic hydroxyl groups excluding tert-OH is 1. The Bertz CT molecular complexity index is 256. The Kier molecular flexibility index (Phi) is 4.05. The van der Waals surface area contributed by atoms with Crippen LogP contribution in [0.25, 0.3) is 0 Å². The number of carbonyl (C=O) groups excluding carboxylic acids is 1. The number of nitrogens with zero attached hydrogens (tertiary/aromatic N) is 1. The molecule has 0 saturated carbocycles. The van der Waals surface area contributed by atoms with Crippen LogP contribution >= 0.6 is 0 Å². The van der Waals surface area contributed by atoms with Crippen LogP contribution in [0, 0.1) is 0 Å². The van der Waals surface area contributed by atoms with Crippen molar-refractivity contribution in [1.82, 2.24) is 10.2 Å². The van der Waals surface area contributed by atoms with Gasteiger partial charge in [0.15, 0.2) is 0 Å². The maximum atomic E-state index is 11.6. The van der Waals surface area contributed by atoms with Gasteiger partial charge in [-0.3, -0.25) is 4.79 Å². The molecule has 0 aromatic rings. The van der Waals surface area contributed by atoms with Crippen molar-refractivity contribution in [1.29, 1.82) is 0 Å². The smallest absolute Gasteiger partial charge is 0.326 e. The predicted octanol–water partition coefficient (Wildman–Crippen LogP) is -1.36. The van der Waals surface area contributed by atoms with Crippen LogP contribution in [-0.4, -0.2) is 58.8 Å². The Hall–Kier alpha value is -1.14.